The van der Waals surface area contributed by atoms with Gasteiger partial charge in [-0.1, -0.05) is 6.92 Å². The summed E-state index contributed by atoms with van der Waals surface area (Å²) in [6, 6.07) is 1.62. The zero-order valence-corrected chi connectivity index (χ0v) is 11.6. The molecule has 3 heteroatoms. The van der Waals surface area contributed by atoms with Gasteiger partial charge in [-0.3, -0.25) is 9.69 Å². The molecule has 0 spiro atoms. The fraction of sp³-hybridized carbons (Fsp3) is 0.933. The molecule has 0 radical (unpaired) electrons. The lowest BCUT2D eigenvalue weighted by Crippen LogP contribution is -2.40. The molecule has 1 N–H and O–H groups in total. The van der Waals surface area contributed by atoms with E-state index in [0.717, 1.165) is 37.4 Å². The van der Waals surface area contributed by atoms with Crippen molar-refractivity contribution in [3.8, 4) is 0 Å². The van der Waals surface area contributed by atoms with Crippen molar-refractivity contribution in [2.24, 2.45) is 5.92 Å². The van der Waals surface area contributed by atoms with Gasteiger partial charge in [-0.2, -0.15) is 0 Å². The molecule has 0 aromatic rings. The summed E-state index contributed by atoms with van der Waals surface area (Å²) < 4.78 is 0. The lowest BCUT2D eigenvalue weighted by atomic mass is 9.86. The summed E-state index contributed by atoms with van der Waals surface area (Å²) in [5, 5.41) is 8.66. The van der Waals surface area contributed by atoms with Crippen molar-refractivity contribution in [3.63, 3.8) is 0 Å². The first kappa shape index (κ1) is 13.9. The molecule has 104 valence electrons. The third-order valence-electron chi connectivity index (χ3n) is 4.53. The van der Waals surface area contributed by atoms with Crippen molar-refractivity contribution in [3.05, 3.63) is 0 Å². The van der Waals surface area contributed by atoms with Crippen LogP contribution in [-0.4, -0.2) is 34.6 Å². The fourth-order valence-corrected chi connectivity index (χ4v) is 3.21. The monoisotopic (exact) mass is 253 g/mol. The maximum absolute atomic E-state index is 10.5. The molecule has 0 unspecified atom stereocenters. The summed E-state index contributed by atoms with van der Waals surface area (Å²) in [5.41, 5.74) is 0. The van der Waals surface area contributed by atoms with Gasteiger partial charge in [0.1, 0.15) is 0 Å². The van der Waals surface area contributed by atoms with Crippen LogP contribution in [-0.2, 0) is 4.79 Å². The molecule has 0 bridgehead atoms. The normalized spacial score (nSPS) is 28.6. The van der Waals surface area contributed by atoms with Crippen LogP contribution in [0.15, 0.2) is 0 Å². The lowest BCUT2D eigenvalue weighted by Gasteiger charge is -2.36. The van der Waals surface area contributed by atoms with Crippen molar-refractivity contribution in [2.75, 3.05) is 6.54 Å². The van der Waals surface area contributed by atoms with Gasteiger partial charge in [-0.05, 0) is 63.8 Å². The molecule has 0 atom stereocenters. The SMILES string of the molecule is CC1CCC(N(CCCCC(=O)O)C2CC2)CC1. The van der Waals surface area contributed by atoms with Crippen molar-refractivity contribution in [2.45, 2.75) is 76.8 Å². The fourth-order valence-electron chi connectivity index (χ4n) is 3.21. The van der Waals surface area contributed by atoms with Gasteiger partial charge >= 0.3 is 5.97 Å². The zero-order valence-electron chi connectivity index (χ0n) is 11.6. The number of aliphatic carboxylic acids is 1. The maximum atomic E-state index is 10.5. The van der Waals surface area contributed by atoms with E-state index in [1.807, 2.05) is 0 Å². The van der Waals surface area contributed by atoms with Gasteiger partial charge in [-0.25, -0.2) is 0 Å². The van der Waals surface area contributed by atoms with Crippen molar-refractivity contribution < 1.29 is 9.90 Å². The third-order valence-corrected chi connectivity index (χ3v) is 4.53. The van der Waals surface area contributed by atoms with Gasteiger partial charge in [-0.15, -0.1) is 0 Å². The Bertz CT molecular complexity index is 268. The minimum absolute atomic E-state index is 0.334. The molecule has 0 aromatic heterocycles. The Labute approximate surface area is 111 Å². The number of carboxylic acid groups (broad SMARTS) is 1. The van der Waals surface area contributed by atoms with Gasteiger partial charge in [0.25, 0.3) is 0 Å². The van der Waals surface area contributed by atoms with Gasteiger partial charge in [0.2, 0.25) is 0 Å². The van der Waals surface area contributed by atoms with Crippen LogP contribution < -0.4 is 0 Å². The van der Waals surface area contributed by atoms with E-state index < -0.39 is 5.97 Å². The number of nitrogens with zero attached hydrogens (tertiary/aromatic N) is 1. The summed E-state index contributed by atoms with van der Waals surface area (Å²) in [7, 11) is 0. The average molecular weight is 253 g/mol. The highest BCUT2D eigenvalue weighted by Gasteiger charge is 2.34. The second-order valence-electron chi connectivity index (χ2n) is 6.23. The summed E-state index contributed by atoms with van der Waals surface area (Å²) in [5.74, 6) is 0.258. The van der Waals surface area contributed by atoms with E-state index in [1.165, 1.54) is 38.5 Å². The van der Waals surface area contributed by atoms with E-state index in [-0.39, 0.29) is 0 Å². The largest absolute Gasteiger partial charge is 0.481 e. The highest BCUT2D eigenvalue weighted by Crippen LogP contribution is 2.35. The Morgan fingerprint density at radius 2 is 1.61 bits per heavy atom. The molecule has 0 aliphatic heterocycles. The zero-order chi connectivity index (χ0) is 13.0. The van der Waals surface area contributed by atoms with Crippen LogP contribution in [0.4, 0.5) is 0 Å². The van der Waals surface area contributed by atoms with Gasteiger partial charge in [0, 0.05) is 18.5 Å². The van der Waals surface area contributed by atoms with Crippen LogP contribution in [0.3, 0.4) is 0 Å². The first-order valence-electron chi connectivity index (χ1n) is 7.64. The number of carbonyl (C=O) groups is 1. The first-order chi connectivity index (χ1) is 8.66. The average Bonchev–Trinajstić information content (AvgIpc) is 3.15. The summed E-state index contributed by atoms with van der Waals surface area (Å²) >= 11 is 0. The van der Waals surface area contributed by atoms with E-state index in [9.17, 15) is 4.79 Å². The molecule has 2 saturated carbocycles. The molecule has 18 heavy (non-hydrogen) atoms. The maximum Gasteiger partial charge on any atom is 0.303 e. The van der Waals surface area contributed by atoms with Crippen LogP contribution in [0.5, 0.6) is 0 Å². The molecule has 2 fully saturated rings. The molecule has 2 aliphatic carbocycles. The summed E-state index contributed by atoms with van der Waals surface area (Å²) in [6.45, 7) is 3.49. The van der Waals surface area contributed by atoms with E-state index in [2.05, 4.69) is 11.8 Å². The second kappa shape index (κ2) is 6.55. The van der Waals surface area contributed by atoms with Gasteiger partial charge in [0.15, 0.2) is 0 Å². The van der Waals surface area contributed by atoms with E-state index in [1.54, 1.807) is 0 Å². The first-order valence-corrected chi connectivity index (χ1v) is 7.64. The predicted octanol–water partition coefficient (Wildman–Crippen LogP) is 3.28. The van der Waals surface area contributed by atoms with Crippen LogP contribution in [0, 0.1) is 5.92 Å². The molecule has 2 rings (SSSR count). The molecule has 0 heterocycles. The van der Waals surface area contributed by atoms with Crippen molar-refractivity contribution in [1.29, 1.82) is 0 Å². The molecule has 0 amide bonds. The Kier molecular flexibility index (Phi) is 5.04. The molecular weight excluding hydrogens is 226 g/mol. The lowest BCUT2D eigenvalue weighted by molar-refractivity contribution is -0.137. The summed E-state index contributed by atoms with van der Waals surface area (Å²) in [6.07, 6.45) is 10.4. The molecule has 3 nitrogen and oxygen atoms in total. The standard InChI is InChI=1S/C15H27NO2/c1-12-5-7-13(8-6-12)16(14-9-10-14)11-3-2-4-15(17)18/h12-14H,2-11H2,1H3,(H,17,18). The molecule has 2 aliphatic rings. The predicted molar refractivity (Wildman–Crippen MR) is 72.6 cm³/mol. The van der Waals surface area contributed by atoms with Crippen LogP contribution >= 0.6 is 0 Å². The van der Waals surface area contributed by atoms with Gasteiger partial charge < -0.3 is 5.11 Å². The van der Waals surface area contributed by atoms with E-state index in [0.29, 0.717) is 6.42 Å². The minimum atomic E-state index is -0.653. The minimum Gasteiger partial charge on any atom is -0.481 e. The second-order valence-corrected chi connectivity index (χ2v) is 6.23. The van der Waals surface area contributed by atoms with Crippen molar-refractivity contribution >= 4 is 5.97 Å². The quantitative estimate of drug-likeness (QED) is 0.708. The Hall–Kier alpha value is -0.570. The number of hydrogen-bond donors (Lipinski definition) is 1. The number of carboxylic acids is 1. The topological polar surface area (TPSA) is 40.5 Å². The highest BCUT2D eigenvalue weighted by molar-refractivity contribution is 5.66. The Morgan fingerprint density at radius 1 is 1.06 bits per heavy atom. The highest BCUT2D eigenvalue weighted by atomic mass is 16.4. The smallest absolute Gasteiger partial charge is 0.303 e. The van der Waals surface area contributed by atoms with Crippen LogP contribution in [0.25, 0.3) is 0 Å². The Morgan fingerprint density at radius 3 is 2.11 bits per heavy atom. The number of unbranched alkanes of at least 4 members (excludes halogenated alkanes) is 1. The van der Waals surface area contributed by atoms with E-state index >= 15 is 0 Å². The third kappa shape index (κ3) is 4.27. The van der Waals surface area contributed by atoms with E-state index in [4.69, 9.17) is 5.11 Å². The number of hydrogen-bond acceptors (Lipinski definition) is 2. The molecule has 0 aromatic carbocycles. The Balaban J connectivity index is 1.72. The summed E-state index contributed by atoms with van der Waals surface area (Å²) in [4.78, 5) is 13.2. The number of rotatable bonds is 7. The molecular formula is C15H27NO2. The van der Waals surface area contributed by atoms with Crippen molar-refractivity contribution in [1.82, 2.24) is 4.90 Å². The van der Waals surface area contributed by atoms with Gasteiger partial charge in [0.05, 0.1) is 0 Å². The molecule has 0 saturated heterocycles. The van der Waals surface area contributed by atoms with Crippen LogP contribution in [0.1, 0.15) is 64.7 Å². The van der Waals surface area contributed by atoms with Crippen LogP contribution in [0.2, 0.25) is 0 Å².